The van der Waals surface area contributed by atoms with Gasteiger partial charge in [-0.1, -0.05) is 71.1 Å². The van der Waals surface area contributed by atoms with Crippen molar-refractivity contribution in [3.05, 3.63) is 69.0 Å². The Kier molecular flexibility index (Phi) is 4.99. The number of hydrogen-bond acceptors (Lipinski definition) is 3. The zero-order chi connectivity index (χ0) is 16.4. The molecule has 0 aliphatic carbocycles. The Hall–Kier alpha value is -1.43. The van der Waals surface area contributed by atoms with E-state index in [4.69, 9.17) is 12.2 Å². The molecule has 0 radical (unpaired) electrons. The molecule has 0 atom stereocenters. The second kappa shape index (κ2) is 6.99. The lowest BCUT2D eigenvalue weighted by atomic mass is 10.1. The van der Waals surface area contributed by atoms with Crippen LogP contribution in [0.4, 0.5) is 5.69 Å². The van der Waals surface area contributed by atoms with Crippen LogP contribution >= 0.6 is 39.9 Å². The number of amides is 1. The molecule has 2 nitrogen and oxygen atoms in total. The first-order chi connectivity index (χ1) is 11.1. The number of thioether (sulfide) groups is 1. The average Bonchev–Trinajstić information content (AvgIpc) is 2.84. The molecule has 1 fully saturated rings. The summed E-state index contributed by atoms with van der Waals surface area (Å²) in [5, 5.41) is 0. The van der Waals surface area contributed by atoms with Crippen molar-refractivity contribution in [3.63, 3.8) is 0 Å². The van der Waals surface area contributed by atoms with Crippen LogP contribution in [0.1, 0.15) is 18.1 Å². The van der Waals surface area contributed by atoms with Gasteiger partial charge in [0, 0.05) is 4.47 Å². The van der Waals surface area contributed by atoms with Crippen LogP contribution in [0, 0.1) is 0 Å². The van der Waals surface area contributed by atoms with E-state index in [1.807, 2.05) is 54.6 Å². The number of carbonyl (C=O) groups excluding carboxylic acids is 1. The summed E-state index contributed by atoms with van der Waals surface area (Å²) in [6, 6.07) is 15.8. The van der Waals surface area contributed by atoms with E-state index in [0.717, 1.165) is 22.1 Å². The molecule has 0 unspecified atom stereocenters. The minimum absolute atomic E-state index is 0.0628. The molecular weight excluding hydrogens is 390 g/mol. The maximum Gasteiger partial charge on any atom is 0.270 e. The van der Waals surface area contributed by atoms with Gasteiger partial charge in [-0.05, 0) is 47.9 Å². The number of rotatable bonds is 3. The first-order valence-corrected chi connectivity index (χ1v) is 9.22. The van der Waals surface area contributed by atoms with Gasteiger partial charge in [-0.25, -0.2) is 0 Å². The van der Waals surface area contributed by atoms with Gasteiger partial charge in [0.1, 0.15) is 0 Å². The number of nitrogens with zero attached hydrogens (tertiary/aromatic N) is 1. The standard InChI is InChI=1S/C18H14BrNOS2/c1-2-12-5-9-15(10-6-12)20-17(21)16(23-18(20)22)11-13-3-7-14(19)8-4-13/h3-11H,2H2,1H3/b16-11+. The smallest absolute Gasteiger partial charge is 0.268 e. The molecule has 1 amide bonds. The van der Waals surface area contributed by atoms with Gasteiger partial charge in [0.25, 0.3) is 5.91 Å². The fourth-order valence-corrected chi connectivity index (χ4v) is 3.84. The number of halogens is 1. The normalized spacial score (nSPS) is 16.4. The first-order valence-electron chi connectivity index (χ1n) is 7.21. The summed E-state index contributed by atoms with van der Waals surface area (Å²) in [6.07, 6.45) is 2.86. The van der Waals surface area contributed by atoms with E-state index in [9.17, 15) is 4.79 Å². The summed E-state index contributed by atoms with van der Waals surface area (Å²) < 4.78 is 1.58. The van der Waals surface area contributed by atoms with Crippen LogP contribution in [0.15, 0.2) is 57.9 Å². The summed E-state index contributed by atoms with van der Waals surface area (Å²) >= 11 is 10.1. The third kappa shape index (κ3) is 3.57. The Morgan fingerprint density at radius 1 is 1.13 bits per heavy atom. The van der Waals surface area contributed by atoms with Gasteiger partial charge in [0.2, 0.25) is 0 Å². The molecule has 3 rings (SSSR count). The van der Waals surface area contributed by atoms with Gasteiger partial charge in [0.15, 0.2) is 4.32 Å². The number of carbonyl (C=O) groups is 1. The summed E-state index contributed by atoms with van der Waals surface area (Å²) in [5.41, 5.74) is 3.04. The maximum atomic E-state index is 12.7. The highest BCUT2D eigenvalue weighted by atomic mass is 79.9. The highest BCUT2D eigenvalue weighted by Crippen LogP contribution is 2.36. The second-order valence-electron chi connectivity index (χ2n) is 5.09. The van der Waals surface area contributed by atoms with Crippen LogP contribution in [0.25, 0.3) is 6.08 Å². The van der Waals surface area contributed by atoms with E-state index in [0.29, 0.717) is 9.23 Å². The van der Waals surface area contributed by atoms with Crippen LogP contribution in [0.2, 0.25) is 0 Å². The second-order valence-corrected chi connectivity index (χ2v) is 7.68. The van der Waals surface area contributed by atoms with E-state index in [1.165, 1.54) is 17.3 Å². The molecule has 2 aromatic rings. The van der Waals surface area contributed by atoms with Crippen molar-refractivity contribution in [1.82, 2.24) is 0 Å². The zero-order valence-corrected chi connectivity index (χ0v) is 15.7. The van der Waals surface area contributed by atoms with Gasteiger partial charge in [0.05, 0.1) is 10.6 Å². The van der Waals surface area contributed by atoms with Crippen molar-refractivity contribution in [3.8, 4) is 0 Å². The molecule has 116 valence electrons. The molecule has 2 aromatic carbocycles. The highest BCUT2D eigenvalue weighted by Gasteiger charge is 2.33. The molecule has 0 bridgehead atoms. The Labute approximate surface area is 153 Å². The molecule has 0 saturated carbocycles. The molecule has 1 heterocycles. The summed E-state index contributed by atoms with van der Waals surface area (Å²) in [7, 11) is 0. The van der Waals surface area contributed by atoms with Gasteiger partial charge < -0.3 is 0 Å². The minimum Gasteiger partial charge on any atom is -0.268 e. The van der Waals surface area contributed by atoms with Crippen molar-refractivity contribution in [2.45, 2.75) is 13.3 Å². The van der Waals surface area contributed by atoms with Crippen molar-refractivity contribution < 1.29 is 4.79 Å². The summed E-state index contributed by atoms with van der Waals surface area (Å²) in [5.74, 6) is -0.0628. The predicted octanol–water partition coefficient (Wildman–Crippen LogP) is 5.42. The Morgan fingerprint density at radius 3 is 2.39 bits per heavy atom. The Balaban J connectivity index is 1.88. The van der Waals surface area contributed by atoms with E-state index >= 15 is 0 Å². The topological polar surface area (TPSA) is 20.3 Å². The molecule has 23 heavy (non-hydrogen) atoms. The van der Waals surface area contributed by atoms with Gasteiger partial charge in [-0.15, -0.1) is 0 Å². The average molecular weight is 404 g/mol. The Bertz CT molecular complexity index is 782. The highest BCUT2D eigenvalue weighted by molar-refractivity contribution is 9.10. The fraction of sp³-hybridized carbons (Fsp3) is 0.111. The summed E-state index contributed by atoms with van der Waals surface area (Å²) in [6.45, 7) is 2.11. The Morgan fingerprint density at radius 2 is 1.78 bits per heavy atom. The number of aryl methyl sites for hydroxylation is 1. The molecule has 0 spiro atoms. The lowest BCUT2D eigenvalue weighted by Crippen LogP contribution is -2.27. The molecule has 0 aromatic heterocycles. The molecule has 1 aliphatic rings. The van der Waals surface area contributed by atoms with Gasteiger partial charge in [-0.2, -0.15) is 0 Å². The first kappa shape index (κ1) is 16.4. The van der Waals surface area contributed by atoms with Crippen LogP contribution in [-0.4, -0.2) is 10.2 Å². The van der Waals surface area contributed by atoms with E-state index in [-0.39, 0.29) is 5.91 Å². The maximum absolute atomic E-state index is 12.7. The zero-order valence-electron chi connectivity index (χ0n) is 12.5. The van der Waals surface area contributed by atoms with Crippen molar-refractivity contribution >= 4 is 61.9 Å². The molecule has 5 heteroatoms. The van der Waals surface area contributed by atoms with E-state index in [2.05, 4.69) is 22.9 Å². The lowest BCUT2D eigenvalue weighted by Gasteiger charge is -2.14. The predicted molar refractivity (Wildman–Crippen MR) is 106 cm³/mol. The van der Waals surface area contributed by atoms with Crippen molar-refractivity contribution in [2.24, 2.45) is 0 Å². The van der Waals surface area contributed by atoms with Gasteiger partial charge >= 0.3 is 0 Å². The lowest BCUT2D eigenvalue weighted by molar-refractivity contribution is -0.113. The quantitative estimate of drug-likeness (QED) is 0.504. The third-order valence-electron chi connectivity index (χ3n) is 3.56. The number of thiocarbonyl (C=S) groups is 1. The number of hydrogen-bond donors (Lipinski definition) is 0. The van der Waals surface area contributed by atoms with Crippen LogP contribution in [-0.2, 0) is 11.2 Å². The minimum atomic E-state index is -0.0628. The summed E-state index contributed by atoms with van der Waals surface area (Å²) in [4.78, 5) is 14.9. The van der Waals surface area contributed by atoms with Crippen LogP contribution in [0.5, 0.6) is 0 Å². The molecular formula is C18H14BrNOS2. The van der Waals surface area contributed by atoms with Crippen molar-refractivity contribution in [1.29, 1.82) is 0 Å². The number of benzene rings is 2. The van der Waals surface area contributed by atoms with Crippen molar-refractivity contribution in [2.75, 3.05) is 4.90 Å². The van der Waals surface area contributed by atoms with Crippen LogP contribution < -0.4 is 4.90 Å². The van der Waals surface area contributed by atoms with E-state index in [1.54, 1.807) is 4.90 Å². The fourth-order valence-electron chi connectivity index (χ4n) is 2.28. The third-order valence-corrected chi connectivity index (χ3v) is 5.40. The SMILES string of the molecule is CCc1ccc(N2C(=O)/C(=C\c3ccc(Br)cc3)SC2=S)cc1. The monoisotopic (exact) mass is 403 g/mol. The molecule has 0 N–H and O–H groups in total. The van der Waals surface area contributed by atoms with Gasteiger partial charge in [-0.3, -0.25) is 9.69 Å². The van der Waals surface area contributed by atoms with Crippen LogP contribution in [0.3, 0.4) is 0 Å². The molecule has 1 aliphatic heterocycles. The molecule has 1 saturated heterocycles. The number of anilines is 1. The largest absolute Gasteiger partial charge is 0.270 e. The van der Waals surface area contributed by atoms with E-state index < -0.39 is 0 Å².